The van der Waals surface area contributed by atoms with Crippen molar-refractivity contribution in [2.75, 3.05) is 7.11 Å². The number of carbonyl (C=O) groups is 1. The fraction of sp³-hybridized carbons (Fsp3) is 0.231. The highest BCUT2D eigenvalue weighted by Crippen LogP contribution is 2.29. The second kappa shape index (κ2) is 5.09. The van der Waals surface area contributed by atoms with Gasteiger partial charge in [0.2, 0.25) is 0 Å². The molecule has 0 unspecified atom stereocenters. The highest BCUT2D eigenvalue weighted by atomic mass is 19.1. The number of benzene rings is 1. The number of carboxylic acid groups (broad SMARTS) is 1. The van der Waals surface area contributed by atoms with E-state index in [0.717, 1.165) is 0 Å². The Morgan fingerprint density at radius 1 is 1.53 bits per heavy atom. The van der Waals surface area contributed by atoms with Crippen LogP contribution in [0, 0.1) is 12.7 Å². The van der Waals surface area contributed by atoms with E-state index in [4.69, 9.17) is 9.84 Å². The van der Waals surface area contributed by atoms with E-state index in [1.54, 1.807) is 13.0 Å². The zero-order valence-corrected chi connectivity index (χ0v) is 10.5. The summed E-state index contributed by atoms with van der Waals surface area (Å²) < 4.78 is 18.5. The fourth-order valence-corrected chi connectivity index (χ4v) is 1.96. The molecule has 0 saturated carbocycles. The molecule has 0 bridgehead atoms. The van der Waals surface area contributed by atoms with Crippen molar-refractivity contribution in [1.29, 1.82) is 0 Å². The first kappa shape index (κ1) is 13.1. The summed E-state index contributed by atoms with van der Waals surface area (Å²) in [5.74, 6) is -1.34. The van der Waals surface area contributed by atoms with Crippen LogP contribution in [0.4, 0.5) is 4.39 Å². The van der Waals surface area contributed by atoms with Gasteiger partial charge in [-0.2, -0.15) is 5.10 Å². The maximum atomic E-state index is 13.7. The predicted molar refractivity (Wildman–Crippen MR) is 66.6 cm³/mol. The van der Waals surface area contributed by atoms with Gasteiger partial charge >= 0.3 is 5.97 Å². The monoisotopic (exact) mass is 264 g/mol. The van der Waals surface area contributed by atoms with Gasteiger partial charge in [-0.25, -0.2) is 4.39 Å². The number of nitrogens with one attached hydrogen (secondary N) is 1. The van der Waals surface area contributed by atoms with E-state index in [1.165, 1.54) is 19.2 Å². The molecule has 5 nitrogen and oxygen atoms in total. The number of ether oxygens (including phenoxy) is 1. The molecule has 2 rings (SSSR count). The van der Waals surface area contributed by atoms with Gasteiger partial charge in [-0.1, -0.05) is 6.07 Å². The zero-order chi connectivity index (χ0) is 14.0. The number of hydrogen-bond donors (Lipinski definition) is 2. The third-order valence-corrected chi connectivity index (χ3v) is 2.78. The highest BCUT2D eigenvalue weighted by molar-refractivity contribution is 5.76. The molecule has 6 heteroatoms. The second-order valence-corrected chi connectivity index (χ2v) is 4.09. The van der Waals surface area contributed by atoms with Crippen LogP contribution in [0.15, 0.2) is 18.2 Å². The minimum atomic E-state index is -0.985. The number of aromatic amines is 1. The first-order valence-corrected chi connectivity index (χ1v) is 5.62. The molecule has 0 spiro atoms. The van der Waals surface area contributed by atoms with E-state index in [1.807, 2.05) is 0 Å². The number of nitrogens with zero attached hydrogens (tertiary/aromatic N) is 1. The van der Waals surface area contributed by atoms with Crippen LogP contribution in [0.5, 0.6) is 5.75 Å². The summed E-state index contributed by atoms with van der Waals surface area (Å²) in [6, 6.07) is 4.48. The van der Waals surface area contributed by atoms with Crippen LogP contribution in [-0.2, 0) is 11.2 Å². The van der Waals surface area contributed by atoms with Gasteiger partial charge in [0.15, 0.2) is 11.6 Å². The summed E-state index contributed by atoms with van der Waals surface area (Å²) in [5.41, 5.74) is 2.26. The first-order chi connectivity index (χ1) is 9.02. The number of halogens is 1. The number of hydrogen-bond acceptors (Lipinski definition) is 3. The Hall–Kier alpha value is -2.37. The number of aromatic nitrogens is 2. The molecule has 1 aromatic heterocycles. The van der Waals surface area contributed by atoms with E-state index in [9.17, 15) is 9.18 Å². The Morgan fingerprint density at radius 3 is 2.84 bits per heavy atom. The number of rotatable bonds is 4. The van der Waals surface area contributed by atoms with Crippen molar-refractivity contribution >= 4 is 5.97 Å². The number of aryl methyl sites for hydroxylation is 1. The molecule has 0 aliphatic carbocycles. The molecular formula is C13H13FN2O3. The molecule has 0 radical (unpaired) electrons. The molecule has 0 aliphatic rings. The van der Waals surface area contributed by atoms with E-state index in [2.05, 4.69) is 10.2 Å². The highest BCUT2D eigenvalue weighted by Gasteiger charge is 2.16. The summed E-state index contributed by atoms with van der Waals surface area (Å²) in [6.07, 6.45) is -0.215. The fourth-order valence-electron chi connectivity index (χ4n) is 1.96. The van der Waals surface area contributed by atoms with Crippen molar-refractivity contribution in [3.05, 3.63) is 35.4 Å². The molecule has 2 aromatic rings. The molecule has 0 aliphatic heterocycles. The maximum absolute atomic E-state index is 13.7. The second-order valence-electron chi connectivity index (χ2n) is 4.09. The van der Waals surface area contributed by atoms with Crippen molar-refractivity contribution in [3.8, 4) is 16.9 Å². The topological polar surface area (TPSA) is 75.2 Å². The van der Waals surface area contributed by atoms with Gasteiger partial charge in [0, 0.05) is 11.3 Å². The van der Waals surface area contributed by atoms with Crippen LogP contribution in [0.1, 0.15) is 11.4 Å². The van der Waals surface area contributed by atoms with Gasteiger partial charge in [-0.3, -0.25) is 9.89 Å². The Balaban J connectivity index is 2.49. The van der Waals surface area contributed by atoms with Gasteiger partial charge in [0.25, 0.3) is 0 Å². The average molecular weight is 264 g/mol. The Kier molecular flexibility index (Phi) is 3.50. The molecule has 100 valence electrons. The minimum absolute atomic E-state index is 0.143. The van der Waals surface area contributed by atoms with Crippen molar-refractivity contribution < 1.29 is 19.0 Å². The summed E-state index contributed by atoms with van der Waals surface area (Å²) in [7, 11) is 1.39. The van der Waals surface area contributed by atoms with Crippen LogP contribution in [-0.4, -0.2) is 28.4 Å². The third-order valence-electron chi connectivity index (χ3n) is 2.78. The summed E-state index contributed by atoms with van der Waals surface area (Å²) >= 11 is 0. The van der Waals surface area contributed by atoms with Gasteiger partial charge in [0.1, 0.15) is 0 Å². The Morgan fingerprint density at radius 2 is 2.26 bits per heavy atom. The lowest BCUT2D eigenvalue weighted by Crippen LogP contribution is -2.02. The Labute approximate surface area is 109 Å². The molecule has 0 fully saturated rings. The standard InChI is InChI=1S/C13H13FN2O3/c1-7-13(10(16-15-7)6-12(17)18)8-3-4-11(19-2)9(14)5-8/h3-5H,6H2,1-2H3,(H,15,16)(H,17,18). The van der Waals surface area contributed by atoms with Gasteiger partial charge in [0.05, 0.1) is 19.2 Å². The van der Waals surface area contributed by atoms with Crippen molar-refractivity contribution in [3.63, 3.8) is 0 Å². The quantitative estimate of drug-likeness (QED) is 0.887. The van der Waals surface area contributed by atoms with Crippen LogP contribution >= 0.6 is 0 Å². The van der Waals surface area contributed by atoms with Crippen LogP contribution in [0.2, 0.25) is 0 Å². The van der Waals surface area contributed by atoms with Crippen LogP contribution < -0.4 is 4.74 Å². The largest absolute Gasteiger partial charge is 0.494 e. The maximum Gasteiger partial charge on any atom is 0.309 e. The average Bonchev–Trinajstić information content (AvgIpc) is 2.69. The minimum Gasteiger partial charge on any atom is -0.494 e. The molecule has 19 heavy (non-hydrogen) atoms. The van der Waals surface area contributed by atoms with E-state index >= 15 is 0 Å². The lowest BCUT2D eigenvalue weighted by molar-refractivity contribution is -0.136. The summed E-state index contributed by atoms with van der Waals surface area (Å²) in [5, 5.41) is 15.5. The number of methoxy groups -OCH3 is 1. The number of carboxylic acids is 1. The van der Waals surface area contributed by atoms with Crippen molar-refractivity contribution in [1.82, 2.24) is 10.2 Å². The molecule has 0 atom stereocenters. The lowest BCUT2D eigenvalue weighted by atomic mass is 10.0. The number of aliphatic carboxylic acids is 1. The van der Waals surface area contributed by atoms with Gasteiger partial charge < -0.3 is 9.84 Å². The lowest BCUT2D eigenvalue weighted by Gasteiger charge is -2.06. The Bertz CT molecular complexity index is 622. The van der Waals surface area contributed by atoms with Crippen LogP contribution in [0.25, 0.3) is 11.1 Å². The normalized spacial score (nSPS) is 10.5. The third kappa shape index (κ3) is 2.57. The van der Waals surface area contributed by atoms with E-state index in [0.29, 0.717) is 22.5 Å². The smallest absolute Gasteiger partial charge is 0.309 e. The van der Waals surface area contributed by atoms with Crippen molar-refractivity contribution in [2.45, 2.75) is 13.3 Å². The van der Waals surface area contributed by atoms with E-state index < -0.39 is 11.8 Å². The van der Waals surface area contributed by atoms with Crippen LogP contribution in [0.3, 0.4) is 0 Å². The zero-order valence-electron chi connectivity index (χ0n) is 10.5. The number of H-pyrrole nitrogens is 1. The van der Waals surface area contributed by atoms with Gasteiger partial charge in [-0.15, -0.1) is 0 Å². The molecule has 2 N–H and O–H groups in total. The van der Waals surface area contributed by atoms with E-state index in [-0.39, 0.29) is 12.2 Å². The SMILES string of the molecule is COc1ccc(-c2c(CC(=O)O)n[nH]c2C)cc1F. The summed E-state index contributed by atoms with van der Waals surface area (Å²) in [4.78, 5) is 10.8. The molecule has 1 aromatic carbocycles. The summed E-state index contributed by atoms with van der Waals surface area (Å²) in [6.45, 7) is 1.76. The van der Waals surface area contributed by atoms with Crippen molar-refractivity contribution in [2.24, 2.45) is 0 Å². The molecular weight excluding hydrogens is 251 g/mol. The molecule has 1 heterocycles. The van der Waals surface area contributed by atoms with Gasteiger partial charge in [-0.05, 0) is 24.6 Å². The first-order valence-electron chi connectivity index (χ1n) is 5.62. The predicted octanol–water partition coefficient (Wildman–Crippen LogP) is 2.16. The molecule has 0 amide bonds. The molecule has 0 saturated heterocycles.